The lowest BCUT2D eigenvalue weighted by atomic mass is 10.2. The minimum atomic E-state index is -3.40. The zero-order valence-corrected chi connectivity index (χ0v) is 11.6. The molecule has 2 N–H and O–H groups in total. The molecule has 1 aliphatic rings. The summed E-state index contributed by atoms with van der Waals surface area (Å²) in [5.74, 6) is 0. The number of thiocarbonyl (C=S) groups is 1. The van der Waals surface area contributed by atoms with Gasteiger partial charge in [-0.2, -0.15) is 4.31 Å². The van der Waals surface area contributed by atoms with Crippen LogP contribution in [0, 0.1) is 0 Å². The summed E-state index contributed by atoms with van der Waals surface area (Å²) in [6, 6.07) is 6.53. The molecule has 98 valence electrons. The number of benzene rings is 1. The lowest BCUT2D eigenvalue weighted by Gasteiger charge is -2.26. The number of sulfonamides is 1. The van der Waals surface area contributed by atoms with Gasteiger partial charge in [-0.3, -0.25) is 0 Å². The van der Waals surface area contributed by atoms with E-state index in [9.17, 15) is 8.42 Å². The molecule has 4 nitrogen and oxygen atoms in total. The first-order valence-corrected chi connectivity index (χ1v) is 7.76. The van der Waals surface area contributed by atoms with Gasteiger partial charge in [0, 0.05) is 18.7 Å². The van der Waals surface area contributed by atoms with Crippen LogP contribution in [0.15, 0.2) is 29.2 Å². The quantitative estimate of drug-likeness (QED) is 0.854. The summed E-state index contributed by atoms with van der Waals surface area (Å²) in [6.07, 6.45) is 2.95. The van der Waals surface area contributed by atoms with Crippen LogP contribution in [0.25, 0.3) is 0 Å². The van der Waals surface area contributed by atoms with E-state index in [1.54, 1.807) is 24.3 Å². The molecule has 2 rings (SSSR count). The largest absolute Gasteiger partial charge is 0.389 e. The fraction of sp³-hybridized carbons (Fsp3) is 0.417. The molecule has 18 heavy (non-hydrogen) atoms. The van der Waals surface area contributed by atoms with Gasteiger partial charge in [-0.1, -0.05) is 30.8 Å². The minimum absolute atomic E-state index is 0.214. The summed E-state index contributed by atoms with van der Waals surface area (Å²) < 4.78 is 26.3. The summed E-state index contributed by atoms with van der Waals surface area (Å²) in [7, 11) is -3.40. The average Bonchev–Trinajstić information content (AvgIpc) is 2.40. The fourth-order valence-corrected chi connectivity index (χ4v) is 3.75. The zero-order chi connectivity index (χ0) is 13.2. The summed E-state index contributed by atoms with van der Waals surface area (Å²) in [5, 5.41) is 0. The third-order valence-electron chi connectivity index (χ3n) is 3.07. The van der Waals surface area contributed by atoms with E-state index in [2.05, 4.69) is 0 Å². The first kappa shape index (κ1) is 13.5. The number of hydrogen-bond acceptors (Lipinski definition) is 3. The average molecular weight is 284 g/mol. The molecule has 1 fully saturated rings. The predicted octanol–water partition coefficient (Wildman–Crippen LogP) is 1.50. The SMILES string of the molecule is NC(=S)c1cccc(S(=O)(=O)N2CCCCC2)c1. The number of nitrogens with zero attached hydrogens (tertiary/aromatic N) is 1. The van der Waals surface area contributed by atoms with Gasteiger partial charge in [-0.15, -0.1) is 0 Å². The number of hydrogen-bond donors (Lipinski definition) is 1. The molecule has 0 unspecified atom stereocenters. The second-order valence-corrected chi connectivity index (χ2v) is 6.73. The van der Waals surface area contributed by atoms with Crippen LogP contribution in [-0.4, -0.2) is 30.8 Å². The topological polar surface area (TPSA) is 63.4 Å². The molecule has 1 saturated heterocycles. The molecule has 0 aromatic heterocycles. The van der Waals surface area contributed by atoms with E-state index < -0.39 is 10.0 Å². The Morgan fingerprint density at radius 3 is 2.50 bits per heavy atom. The maximum atomic E-state index is 12.4. The van der Waals surface area contributed by atoms with Crippen molar-refractivity contribution in [2.45, 2.75) is 24.2 Å². The van der Waals surface area contributed by atoms with Gasteiger partial charge in [0.25, 0.3) is 0 Å². The smallest absolute Gasteiger partial charge is 0.243 e. The van der Waals surface area contributed by atoms with Crippen LogP contribution in [0.1, 0.15) is 24.8 Å². The van der Waals surface area contributed by atoms with Crippen molar-refractivity contribution in [3.8, 4) is 0 Å². The summed E-state index contributed by atoms with van der Waals surface area (Å²) >= 11 is 4.87. The van der Waals surface area contributed by atoms with Crippen molar-refractivity contribution in [3.63, 3.8) is 0 Å². The highest BCUT2D eigenvalue weighted by Crippen LogP contribution is 2.21. The number of nitrogens with two attached hydrogens (primary N) is 1. The van der Waals surface area contributed by atoms with Crippen LogP contribution in [-0.2, 0) is 10.0 Å². The van der Waals surface area contributed by atoms with Gasteiger partial charge >= 0.3 is 0 Å². The van der Waals surface area contributed by atoms with Gasteiger partial charge in [0.2, 0.25) is 10.0 Å². The van der Waals surface area contributed by atoms with E-state index >= 15 is 0 Å². The Morgan fingerprint density at radius 2 is 1.89 bits per heavy atom. The van der Waals surface area contributed by atoms with Crippen LogP contribution in [0.3, 0.4) is 0 Å². The third kappa shape index (κ3) is 2.71. The second kappa shape index (κ2) is 5.34. The van der Waals surface area contributed by atoms with Crippen molar-refractivity contribution in [2.75, 3.05) is 13.1 Å². The van der Waals surface area contributed by atoms with E-state index in [1.807, 2.05) is 0 Å². The molecule has 0 radical (unpaired) electrons. The van der Waals surface area contributed by atoms with Gasteiger partial charge in [0.05, 0.1) is 4.90 Å². The monoisotopic (exact) mass is 284 g/mol. The Bertz CT molecular complexity index is 549. The van der Waals surface area contributed by atoms with Crippen LogP contribution in [0.2, 0.25) is 0 Å². The Hall–Kier alpha value is -0.980. The highest BCUT2D eigenvalue weighted by atomic mass is 32.2. The molecular weight excluding hydrogens is 268 g/mol. The zero-order valence-electron chi connectivity index (χ0n) is 10.0. The van der Waals surface area contributed by atoms with E-state index in [-0.39, 0.29) is 9.88 Å². The van der Waals surface area contributed by atoms with E-state index in [1.165, 1.54) is 4.31 Å². The Kier molecular flexibility index (Phi) is 3.99. The van der Waals surface area contributed by atoms with Crippen LogP contribution >= 0.6 is 12.2 Å². The lowest BCUT2D eigenvalue weighted by Crippen LogP contribution is -2.35. The Balaban J connectivity index is 2.34. The minimum Gasteiger partial charge on any atom is -0.389 e. The highest BCUT2D eigenvalue weighted by molar-refractivity contribution is 7.89. The molecule has 1 aromatic rings. The lowest BCUT2D eigenvalue weighted by molar-refractivity contribution is 0.346. The molecule has 0 amide bonds. The van der Waals surface area contributed by atoms with Crippen molar-refractivity contribution < 1.29 is 8.42 Å². The van der Waals surface area contributed by atoms with E-state index in [0.717, 1.165) is 19.3 Å². The Labute approximate surface area is 113 Å². The van der Waals surface area contributed by atoms with Crippen molar-refractivity contribution in [2.24, 2.45) is 5.73 Å². The third-order valence-corrected chi connectivity index (χ3v) is 5.20. The summed E-state index contributed by atoms with van der Waals surface area (Å²) in [4.78, 5) is 0.486. The predicted molar refractivity (Wildman–Crippen MR) is 74.9 cm³/mol. The molecule has 6 heteroatoms. The maximum Gasteiger partial charge on any atom is 0.243 e. The molecule has 0 saturated carbocycles. The highest BCUT2D eigenvalue weighted by Gasteiger charge is 2.25. The van der Waals surface area contributed by atoms with Gasteiger partial charge in [-0.25, -0.2) is 8.42 Å². The standard InChI is InChI=1S/C12H16N2O2S2/c13-12(17)10-5-4-6-11(9-10)18(15,16)14-7-2-1-3-8-14/h4-6,9H,1-3,7-8H2,(H2,13,17). The molecular formula is C12H16N2O2S2. The summed E-state index contributed by atoms with van der Waals surface area (Å²) in [5.41, 5.74) is 6.11. The first-order valence-electron chi connectivity index (χ1n) is 5.92. The fourth-order valence-electron chi connectivity index (χ4n) is 2.06. The van der Waals surface area contributed by atoms with Crippen LogP contribution in [0.5, 0.6) is 0 Å². The molecule has 1 aromatic carbocycles. The summed E-state index contributed by atoms with van der Waals surface area (Å²) in [6.45, 7) is 1.19. The van der Waals surface area contributed by atoms with Crippen LogP contribution < -0.4 is 5.73 Å². The molecule has 1 heterocycles. The van der Waals surface area contributed by atoms with Gasteiger partial charge in [-0.05, 0) is 25.0 Å². The van der Waals surface area contributed by atoms with Gasteiger partial charge in [0.15, 0.2) is 0 Å². The van der Waals surface area contributed by atoms with E-state index in [4.69, 9.17) is 18.0 Å². The molecule has 0 aliphatic carbocycles. The van der Waals surface area contributed by atoms with Crippen molar-refractivity contribution >= 4 is 27.2 Å². The van der Waals surface area contributed by atoms with Gasteiger partial charge in [0.1, 0.15) is 4.99 Å². The molecule has 0 bridgehead atoms. The maximum absolute atomic E-state index is 12.4. The Morgan fingerprint density at radius 1 is 1.22 bits per heavy atom. The van der Waals surface area contributed by atoms with Crippen molar-refractivity contribution in [1.82, 2.24) is 4.31 Å². The normalized spacial score (nSPS) is 17.6. The first-order chi connectivity index (χ1) is 8.51. The van der Waals surface area contributed by atoms with Crippen molar-refractivity contribution in [3.05, 3.63) is 29.8 Å². The van der Waals surface area contributed by atoms with Gasteiger partial charge < -0.3 is 5.73 Å². The molecule has 0 atom stereocenters. The number of rotatable bonds is 3. The second-order valence-electron chi connectivity index (χ2n) is 4.36. The van der Waals surface area contributed by atoms with Crippen LogP contribution in [0.4, 0.5) is 0 Å². The van der Waals surface area contributed by atoms with E-state index in [0.29, 0.717) is 18.7 Å². The van der Waals surface area contributed by atoms with Crippen molar-refractivity contribution in [1.29, 1.82) is 0 Å². The molecule has 0 spiro atoms. The molecule has 1 aliphatic heterocycles. The number of piperidine rings is 1.